The van der Waals surface area contributed by atoms with Crippen LogP contribution in [0.4, 0.5) is 0 Å². The quantitative estimate of drug-likeness (QED) is 0.650. The largest absolute Gasteiger partial charge is 0.299 e. The number of Topliss-reactive ketones (excluding diaryl/α,β-unsaturated/α-hetero) is 1. The Morgan fingerprint density at radius 2 is 2.19 bits per heavy atom. The molecule has 0 amide bonds. The van der Waals surface area contributed by atoms with Crippen LogP contribution in [0.1, 0.15) is 47.5 Å². The number of ketones is 1. The lowest BCUT2D eigenvalue weighted by Crippen LogP contribution is -2.18. The van der Waals surface area contributed by atoms with E-state index in [4.69, 9.17) is 0 Å². The summed E-state index contributed by atoms with van der Waals surface area (Å²) in [7, 11) is 0. The number of rotatable bonds is 4. The van der Waals surface area contributed by atoms with E-state index < -0.39 is 0 Å². The Hall–Kier alpha value is -0.850. The summed E-state index contributed by atoms with van der Waals surface area (Å²) in [6.07, 6.45) is 8.31. The van der Waals surface area contributed by atoms with Crippen LogP contribution in [0.5, 0.6) is 0 Å². The van der Waals surface area contributed by atoms with E-state index in [-0.39, 0.29) is 11.3 Å². The molecular weight excluding hydrogens is 196 g/mol. The zero-order chi connectivity index (χ0) is 12.3. The van der Waals surface area contributed by atoms with Crippen molar-refractivity contribution < 1.29 is 4.79 Å². The number of allylic oxidation sites excluding steroid dienone is 4. The third kappa shape index (κ3) is 2.84. The Bertz CT molecular complexity index is 318. The van der Waals surface area contributed by atoms with E-state index in [2.05, 4.69) is 39.0 Å². The standard InChI is InChI=1S/C15H24O/c1-11(2)14(16)8-6-7-13-10-9-12(3)15(13,4)5/h6-7,9,11,13H,8,10H2,1-5H3. The lowest BCUT2D eigenvalue weighted by atomic mass is 9.77. The predicted octanol–water partition coefficient (Wildman–Crippen LogP) is 4.15. The van der Waals surface area contributed by atoms with Crippen LogP contribution < -0.4 is 0 Å². The van der Waals surface area contributed by atoms with Crippen molar-refractivity contribution in [3.8, 4) is 0 Å². The molecule has 0 aliphatic heterocycles. The summed E-state index contributed by atoms with van der Waals surface area (Å²) in [5.74, 6) is 1.05. The van der Waals surface area contributed by atoms with E-state index in [0.717, 1.165) is 6.42 Å². The minimum Gasteiger partial charge on any atom is -0.299 e. The third-order valence-corrected chi connectivity index (χ3v) is 3.95. The van der Waals surface area contributed by atoms with Crippen LogP contribution in [0.15, 0.2) is 23.8 Å². The Morgan fingerprint density at radius 1 is 1.56 bits per heavy atom. The monoisotopic (exact) mass is 220 g/mol. The van der Waals surface area contributed by atoms with Crippen molar-refractivity contribution in [1.29, 1.82) is 0 Å². The number of carbonyl (C=O) groups excluding carboxylic acids is 1. The van der Waals surface area contributed by atoms with Gasteiger partial charge >= 0.3 is 0 Å². The smallest absolute Gasteiger partial charge is 0.139 e. The average molecular weight is 220 g/mol. The van der Waals surface area contributed by atoms with Gasteiger partial charge < -0.3 is 0 Å². The van der Waals surface area contributed by atoms with Crippen molar-refractivity contribution in [2.45, 2.75) is 47.5 Å². The van der Waals surface area contributed by atoms with E-state index in [1.165, 1.54) is 5.57 Å². The molecule has 0 bridgehead atoms. The molecule has 1 aliphatic rings. The molecule has 0 aromatic carbocycles. The molecule has 1 heteroatoms. The van der Waals surface area contributed by atoms with Crippen molar-refractivity contribution in [3.05, 3.63) is 23.8 Å². The van der Waals surface area contributed by atoms with Gasteiger partial charge in [-0.15, -0.1) is 0 Å². The molecule has 1 aliphatic carbocycles. The maximum absolute atomic E-state index is 11.5. The summed E-state index contributed by atoms with van der Waals surface area (Å²) in [5.41, 5.74) is 1.73. The van der Waals surface area contributed by atoms with Crippen molar-refractivity contribution in [3.63, 3.8) is 0 Å². The van der Waals surface area contributed by atoms with Gasteiger partial charge in [0.1, 0.15) is 5.78 Å². The zero-order valence-electron chi connectivity index (χ0n) is 11.2. The fourth-order valence-corrected chi connectivity index (χ4v) is 2.06. The second kappa shape index (κ2) is 4.99. The van der Waals surface area contributed by atoms with Gasteiger partial charge in [0.15, 0.2) is 0 Å². The fraction of sp³-hybridized carbons (Fsp3) is 0.667. The average Bonchev–Trinajstić information content (AvgIpc) is 2.44. The van der Waals surface area contributed by atoms with E-state index in [0.29, 0.717) is 18.1 Å². The van der Waals surface area contributed by atoms with E-state index in [1.807, 2.05) is 13.8 Å². The van der Waals surface area contributed by atoms with Gasteiger partial charge in [0, 0.05) is 12.3 Å². The van der Waals surface area contributed by atoms with E-state index in [9.17, 15) is 4.79 Å². The molecule has 0 saturated heterocycles. The number of hydrogen-bond donors (Lipinski definition) is 0. The molecule has 16 heavy (non-hydrogen) atoms. The van der Waals surface area contributed by atoms with Gasteiger partial charge in [-0.05, 0) is 24.7 Å². The molecule has 1 rings (SSSR count). The van der Waals surface area contributed by atoms with Gasteiger partial charge in [-0.2, -0.15) is 0 Å². The number of carbonyl (C=O) groups is 1. The Kier molecular flexibility index (Phi) is 4.12. The Balaban J connectivity index is 2.51. The summed E-state index contributed by atoms with van der Waals surface area (Å²) < 4.78 is 0. The van der Waals surface area contributed by atoms with Crippen LogP contribution in [0.3, 0.4) is 0 Å². The van der Waals surface area contributed by atoms with Crippen molar-refractivity contribution in [2.75, 3.05) is 0 Å². The Morgan fingerprint density at radius 3 is 2.62 bits per heavy atom. The van der Waals surface area contributed by atoms with Gasteiger partial charge in [-0.3, -0.25) is 4.79 Å². The molecule has 0 aromatic rings. The SMILES string of the molecule is CC1=CCC(C=CCC(=O)C(C)C)C1(C)C. The normalized spacial score (nSPS) is 24.1. The van der Waals surface area contributed by atoms with Crippen LogP contribution in [-0.4, -0.2) is 5.78 Å². The third-order valence-electron chi connectivity index (χ3n) is 3.95. The molecule has 1 unspecified atom stereocenters. The molecule has 0 heterocycles. The highest BCUT2D eigenvalue weighted by Crippen LogP contribution is 2.43. The van der Waals surface area contributed by atoms with Crippen molar-refractivity contribution >= 4 is 5.78 Å². The first kappa shape index (κ1) is 13.2. The highest BCUT2D eigenvalue weighted by atomic mass is 16.1. The second-order valence-corrected chi connectivity index (χ2v) is 5.70. The van der Waals surface area contributed by atoms with Gasteiger partial charge in [-0.25, -0.2) is 0 Å². The summed E-state index contributed by atoms with van der Waals surface area (Å²) in [6, 6.07) is 0. The van der Waals surface area contributed by atoms with Crippen LogP contribution in [0, 0.1) is 17.3 Å². The first-order chi connectivity index (χ1) is 7.35. The minimum atomic E-state index is 0.154. The lowest BCUT2D eigenvalue weighted by Gasteiger charge is -2.27. The summed E-state index contributed by atoms with van der Waals surface area (Å²) in [6.45, 7) is 10.7. The van der Waals surface area contributed by atoms with Crippen LogP contribution in [0.25, 0.3) is 0 Å². The van der Waals surface area contributed by atoms with Gasteiger partial charge in [0.25, 0.3) is 0 Å². The zero-order valence-corrected chi connectivity index (χ0v) is 11.2. The Labute approximate surface area is 99.6 Å². The first-order valence-corrected chi connectivity index (χ1v) is 6.22. The van der Waals surface area contributed by atoms with Gasteiger partial charge in [0.05, 0.1) is 0 Å². The predicted molar refractivity (Wildman–Crippen MR) is 69.2 cm³/mol. The maximum atomic E-state index is 11.5. The minimum absolute atomic E-state index is 0.154. The molecular formula is C15H24O. The lowest BCUT2D eigenvalue weighted by molar-refractivity contribution is -0.121. The first-order valence-electron chi connectivity index (χ1n) is 6.22. The van der Waals surface area contributed by atoms with Crippen LogP contribution in [0.2, 0.25) is 0 Å². The topological polar surface area (TPSA) is 17.1 Å². The molecule has 0 radical (unpaired) electrons. The highest BCUT2D eigenvalue weighted by molar-refractivity contribution is 5.81. The molecule has 0 N–H and O–H groups in total. The van der Waals surface area contributed by atoms with Crippen molar-refractivity contribution in [1.82, 2.24) is 0 Å². The van der Waals surface area contributed by atoms with Gasteiger partial charge in [0.2, 0.25) is 0 Å². The summed E-state index contributed by atoms with van der Waals surface area (Å²) >= 11 is 0. The summed E-state index contributed by atoms with van der Waals surface area (Å²) in [4.78, 5) is 11.5. The van der Waals surface area contributed by atoms with Crippen LogP contribution in [-0.2, 0) is 4.79 Å². The highest BCUT2D eigenvalue weighted by Gasteiger charge is 2.32. The molecule has 0 fully saturated rings. The second-order valence-electron chi connectivity index (χ2n) is 5.70. The van der Waals surface area contributed by atoms with E-state index >= 15 is 0 Å². The molecule has 0 spiro atoms. The number of hydrogen-bond acceptors (Lipinski definition) is 1. The summed E-state index contributed by atoms with van der Waals surface area (Å²) in [5, 5.41) is 0. The molecule has 0 saturated carbocycles. The molecule has 1 nitrogen and oxygen atoms in total. The molecule has 0 aromatic heterocycles. The molecule has 1 atom stereocenters. The van der Waals surface area contributed by atoms with Crippen LogP contribution >= 0.6 is 0 Å². The fourth-order valence-electron chi connectivity index (χ4n) is 2.06. The maximum Gasteiger partial charge on any atom is 0.139 e. The van der Waals surface area contributed by atoms with Crippen molar-refractivity contribution in [2.24, 2.45) is 17.3 Å². The molecule has 90 valence electrons. The van der Waals surface area contributed by atoms with E-state index in [1.54, 1.807) is 0 Å². The van der Waals surface area contributed by atoms with Gasteiger partial charge in [-0.1, -0.05) is 51.5 Å².